The summed E-state index contributed by atoms with van der Waals surface area (Å²) in [5.74, 6) is 0.464. The van der Waals surface area contributed by atoms with E-state index in [1.54, 1.807) is 12.1 Å². The van der Waals surface area contributed by atoms with Crippen molar-refractivity contribution < 1.29 is 9.18 Å². The molecular formula is C24H31FN4O. The zero-order chi connectivity index (χ0) is 21.1. The number of hydrogen-bond donors (Lipinski definition) is 0. The first-order valence-corrected chi connectivity index (χ1v) is 10.9. The Kier molecular flexibility index (Phi) is 6.32. The molecule has 2 aliphatic rings. The first-order chi connectivity index (χ1) is 14.5. The molecule has 1 fully saturated rings. The second-order valence-electron chi connectivity index (χ2n) is 8.65. The van der Waals surface area contributed by atoms with Gasteiger partial charge in [0.25, 0.3) is 0 Å². The molecule has 1 amide bonds. The van der Waals surface area contributed by atoms with Crippen LogP contribution in [0, 0.1) is 24.6 Å². The molecule has 6 heteroatoms. The molecule has 0 saturated carbocycles. The summed E-state index contributed by atoms with van der Waals surface area (Å²) in [6, 6.07) is 6.46. The second kappa shape index (κ2) is 9.13. The number of allylic oxidation sites excluding steroid dienone is 1. The fraction of sp³-hybridized carbons (Fsp3) is 0.500. The van der Waals surface area contributed by atoms with E-state index in [4.69, 9.17) is 0 Å². The van der Waals surface area contributed by atoms with Gasteiger partial charge in [-0.2, -0.15) is 5.10 Å². The van der Waals surface area contributed by atoms with Crippen LogP contribution in [-0.4, -0.2) is 45.1 Å². The van der Waals surface area contributed by atoms with E-state index in [0.29, 0.717) is 19.0 Å². The molecule has 2 aliphatic heterocycles. The van der Waals surface area contributed by atoms with E-state index in [2.05, 4.69) is 29.1 Å². The Morgan fingerprint density at radius 1 is 1.10 bits per heavy atom. The van der Waals surface area contributed by atoms with Crippen molar-refractivity contribution in [1.29, 1.82) is 0 Å². The monoisotopic (exact) mass is 410 g/mol. The van der Waals surface area contributed by atoms with E-state index >= 15 is 0 Å². The van der Waals surface area contributed by atoms with E-state index in [9.17, 15) is 9.18 Å². The molecule has 0 spiro atoms. The lowest BCUT2D eigenvalue weighted by atomic mass is 9.81. The van der Waals surface area contributed by atoms with Gasteiger partial charge in [0.15, 0.2) is 0 Å². The molecule has 0 unspecified atom stereocenters. The normalized spacial score (nSPS) is 21.2. The number of benzene rings is 1. The number of rotatable bonds is 5. The third kappa shape index (κ3) is 4.64. The van der Waals surface area contributed by atoms with Crippen LogP contribution in [0.3, 0.4) is 0 Å². The fourth-order valence-corrected chi connectivity index (χ4v) is 4.67. The summed E-state index contributed by atoms with van der Waals surface area (Å²) in [4.78, 5) is 17.7. The van der Waals surface area contributed by atoms with Gasteiger partial charge in [0.05, 0.1) is 6.20 Å². The summed E-state index contributed by atoms with van der Waals surface area (Å²) >= 11 is 0. The van der Waals surface area contributed by atoms with Gasteiger partial charge in [0.1, 0.15) is 5.82 Å². The van der Waals surface area contributed by atoms with Crippen LogP contribution in [0.25, 0.3) is 0 Å². The summed E-state index contributed by atoms with van der Waals surface area (Å²) in [5, 5.41) is 4.35. The molecule has 0 N–H and O–H groups in total. The lowest BCUT2D eigenvalue weighted by Gasteiger charge is -2.36. The van der Waals surface area contributed by atoms with Gasteiger partial charge in [0, 0.05) is 43.9 Å². The van der Waals surface area contributed by atoms with Crippen molar-refractivity contribution in [2.45, 2.75) is 39.3 Å². The predicted molar refractivity (Wildman–Crippen MR) is 115 cm³/mol. The lowest BCUT2D eigenvalue weighted by molar-refractivity contribution is -0.137. The van der Waals surface area contributed by atoms with E-state index in [1.807, 2.05) is 22.8 Å². The van der Waals surface area contributed by atoms with Gasteiger partial charge in [-0.3, -0.25) is 14.4 Å². The standard InChI is InChI=1S/C24H31FN4O/c1-18-21(15-26-27(18)2)17-28-13-10-20(11-14-28)23-5-3-4-12-29(24(23)30)16-19-6-8-22(25)9-7-19/h3-4,6-9,15,20,23H,5,10-14,16-17H2,1-2H3/t23-/m1/s1. The molecule has 5 nitrogen and oxygen atoms in total. The molecule has 1 aromatic carbocycles. The Labute approximate surface area is 178 Å². The molecule has 4 rings (SSSR count). The zero-order valence-corrected chi connectivity index (χ0v) is 17.9. The van der Waals surface area contributed by atoms with E-state index in [0.717, 1.165) is 44.5 Å². The molecular weight excluding hydrogens is 379 g/mol. The van der Waals surface area contributed by atoms with Crippen LogP contribution >= 0.6 is 0 Å². The molecule has 30 heavy (non-hydrogen) atoms. The number of nitrogens with zero attached hydrogens (tertiary/aromatic N) is 4. The molecule has 160 valence electrons. The van der Waals surface area contributed by atoms with Gasteiger partial charge in [-0.25, -0.2) is 4.39 Å². The quantitative estimate of drug-likeness (QED) is 0.706. The predicted octanol–water partition coefficient (Wildman–Crippen LogP) is 3.68. The van der Waals surface area contributed by atoms with Crippen molar-refractivity contribution >= 4 is 5.91 Å². The summed E-state index contributed by atoms with van der Waals surface area (Å²) in [5.41, 5.74) is 3.48. The minimum atomic E-state index is -0.244. The van der Waals surface area contributed by atoms with Crippen molar-refractivity contribution in [1.82, 2.24) is 19.6 Å². The third-order valence-electron chi connectivity index (χ3n) is 6.73. The summed E-state index contributed by atoms with van der Waals surface area (Å²) < 4.78 is 15.1. The van der Waals surface area contributed by atoms with Crippen molar-refractivity contribution in [3.63, 3.8) is 0 Å². The summed E-state index contributed by atoms with van der Waals surface area (Å²) in [6.45, 7) is 6.25. The van der Waals surface area contributed by atoms with Crippen LogP contribution in [0.4, 0.5) is 4.39 Å². The molecule has 0 aliphatic carbocycles. The summed E-state index contributed by atoms with van der Waals surface area (Å²) in [6.07, 6.45) is 9.15. The number of amides is 1. The van der Waals surface area contributed by atoms with Crippen LogP contribution in [0.1, 0.15) is 36.1 Å². The SMILES string of the molecule is Cc1c(CN2CCC([C@H]3CC=CCN(Cc4ccc(F)cc4)C3=O)CC2)cnn1C. The van der Waals surface area contributed by atoms with E-state index in [1.165, 1.54) is 23.4 Å². The highest BCUT2D eigenvalue weighted by molar-refractivity contribution is 5.80. The van der Waals surface area contributed by atoms with E-state index < -0.39 is 0 Å². The average Bonchev–Trinajstić information content (AvgIpc) is 2.95. The number of carbonyl (C=O) groups is 1. The molecule has 0 radical (unpaired) electrons. The number of carbonyl (C=O) groups excluding carboxylic acids is 1. The van der Waals surface area contributed by atoms with E-state index in [-0.39, 0.29) is 17.6 Å². The molecule has 3 heterocycles. The van der Waals surface area contributed by atoms with Gasteiger partial charge in [-0.05, 0) is 62.9 Å². The van der Waals surface area contributed by atoms with Crippen LogP contribution in [0.5, 0.6) is 0 Å². The highest BCUT2D eigenvalue weighted by atomic mass is 19.1. The van der Waals surface area contributed by atoms with Crippen LogP contribution in [-0.2, 0) is 24.9 Å². The lowest BCUT2D eigenvalue weighted by Crippen LogP contribution is -2.42. The zero-order valence-electron chi connectivity index (χ0n) is 17.9. The third-order valence-corrected chi connectivity index (χ3v) is 6.73. The number of halogens is 1. The van der Waals surface area contributed by atoms with Crippen molar-refractivity contribution in [2.75, 3.05) is 19.6 Å². The molecule has 1 aromatic heterocycles. The highest BCUT2D eigenvalue weighted by Gasteiger charge is 2.34. The fourth-order valence-electron chi connectivity index (χ4n) is 4.67. The molecule has 1 atom stereocenters. The molecule has 0 bridgehead atoms. The van der Waals surface area contributed by atoms with Crippen molar-refractivity contribution in [3.8, 4) is 0 Å². The molecule has 2 aromatic rings. The largest absolute Gasteiger partial charge is 0.334 e. The Morgan fingerprint density at radius 2 is 1.83 bits per heavy atom. The summed E-state index contributed by atoms with van der Waals surface area (Å²) in [7, 11) is 1.98. The smallest absolute Gasteiger partial charge is 0.226 e. The second-order valence-corrected chi connectivity index (χ2v) is 8.65. The topological polar surface area (TPSA) is 41.4 Å². The maximum Gasteiger partial charge on any atom is 0.226 e. The van der Waals surface area contributed by atoms with Gasteiger partial charge >= 0.3 is 0 Å². The van der Waals surface area contributed by atoms with Gasteiger partial charge in [-0.1, -0.05) is 24.3 Å². The number of piperidine rings is 1. The number of hydrogen-bond acceptors (Lipinski definition) is 3. The number of aromatic nitrogens is 2. The van der Waals surface area contributed by atoms with Crippen LogP contribution < -0.4 is 0 Å². The minimum Gasteiger partial charge on any atom is -0.334 e. The van der Waals surface area contributed by atoms with Crippen molar-refractivity contribution in [3.05, 3.63) is 65.3 Å². The Hall–Kier alpha value is -2.47. The highest BCUT2D eigenvalue weighted by Crippen LogP contribution is 2.31. The Morgan fingerprint density at radius 3 is 2.50 bits per heavy atom. The van der Waals surface area contributed by atoms with Crippen LogP contribution in [0.2, 0.25) is 0 Å². The maximum absolute atomic E-state index is 13.3. The first kappa shape index (κ1) is 20.8. The maximum atomic E-state index is 13.3. The van der Waals surface area contributed by atoms with Crippen LogP contribution in [0.15, 0.2) is 42.6 Å². The van der Waals surface area contributed by atoms with Gasteiger partial charge in [0.2, 0.25) is 5.91 Å². The number of likely N-dealkylation sites (tertiary alicyclic amines) is 1. The Balaban J connectivity index is 1.36. The van der Waals surface area contributed by atoms with Gasteiger partial charge < -0.3 is 4.90 Å². The minimum absolute atomic E-state index is 0.0477. The first-order valence-electron chi connectivity index (χ1n) is 10.9. The van der Waals surface area contributed by atoms with Gasteiger partial charge in [-0.15, -0.1) is 0 Å². The average molecular weight is 411 g/mol. The molecule has 1 saturated heterocycles. The van der Waals surface area contributed by atoms with Crippen molar-refractivity contribution in [2.24, 2.45) is 18.9 Å². The Bertz CT molecular complexity index is 896. The number of aryl methyl sites for hydroxylation is 1.